The molecule has 0 aromatic rings. The lowest BCUT2D eigenvalue weighted by Crippen LogP contribution is -2.28. The Morgan fingerprint density at radius 3 is 2.29 bits per heavy atom. The average molecular weight is 203 g/mol. The molecule has 0 aliphatic rings. The molecule has 0 saturated carbocycles. The summed E-state index contributed by atoms with van der Waals surface area (Å²) in [5.41, 5.74) is 5.32. The molecule has 0 heterocycles. The van der Waals surface area contributed by atoms with Crippen molar-refractivity contribution in [2.24, 2.45) is 11.7 Å². The smallest absolute Gasteiger partial charge is 0.0591 e. The predicted octanol–water partition coefficient (Wildman–Crippen LogP) is -0.203. The number of ether oxygens (including phenoxy) is 1. The highest BCUT2D eigenvalue weighted by molar-refractivity contribution is 4.50. The van der Waals surface area contributed by atoms with Crippen LogP contribution in [-0.2, 0) is 4.74 Å². The minimum Gasteiger partial charge on any atom is -0.379 e. The molecule has 0 saturated heterocycles. The molecule has 0 radical (unpaired) electrons. The van der Waals surface area contributed by atoms with E-state index in [0.29, 0.717) is 12.5 Å². The van der Waals surface area contributed by atoms with Crippen LogP contribution in [0, 0.1) is 5.92 Å². The fourth-order valence-electron chi connectivity index (χ4n) is 1.01. The molecule has 0 aromatic carbocycles. The molecule has 0 aliphatic heterocycles. The molecule has 4 nitrogen and oxygen atoms in total. The highest BCUT2D eigenvalue weighted by Gasteiger charge is 1.92. The van der Waals surface area contributed by atoms with Crippen LogP contribution in [0.15, 0.2) is 0 Å². The maximum Gasteiger partial charge on any atom is 0.0591 e. The van der Waals surface area contributed by atoms with Gasteiger partial charge in [-0.1, -0.05) is 13.8 Å². The van der Waals surface area contributed by atoms with Crippen molar-refractivity contribution in [1.82, 2.24) is 10.6 Å². The lowest BCUT2D eigenvalue weighted by molar-refractivity contribution is 0.137. The van der Waals surface area contributed by atoms with E-state index in [-0.39, 0.29) is 0 Å². The van der Waals surface area contributed by atoms with Gasteiger partial charge in [0.15, 0.2) is 0 Å². The Morgan fingerprint density at radius 1 is 1.07 bits per heavy atom. The molecule has 86 valence electrons. The normalized spacial score (nSPS) is 11.1. The van der Waals surface area contributed by atoms with E-state index in [1.165, 1.54) is 0 Å². The number of hydrogen-bond donors (Lipinski definition) is 3. The Balaban J connectivity index is 2.85. The largest absolute Gasteiger partial charge is 0.379 e. The van der Waals surface area contributed by atoms with Gasteiger partial charge in [0.2, 0.25) is 0 Å². The third kappa shape index (κ3) is 11.8. The van der Waals surface area contributed by atoms with Crippen molar-refractivity contribution in [3.8, 4) is 0 Å². The standard InChI is InChI=1S/C10H25N3O/c1-10(2)9-13-6-8-14-7-5-12-4-3-11/h10,12-13H,3-9,11H2,1-2H3. The van der Waals surface area contributed by atoms with Crippen LogP contribution in [0.1, 0.15) is 13.8 Å². The molecule has 0 atom stereocenters. The summed E-state index contributed by atoms with van der Waals surface area (Å²) in [5.74, 6) is 0.709. The zero-order chi connectivity index (χ0) is 10.6. The minimum absolute atomic E-state index is 0.690. The van der Waals surface area contributed by atoms with Gasteiger partial charge in [-0.15, -0.1) is 0 Å². The molecule has 0 rings (SSSR count). The van der Waals surface area contributed by atoms with Gasteiger partial charge in [0.1, 0.15) is 0 Å². The van der Waals surface area contributed by atoms with Gasteiger partial charge in [0.25, 0.3) is 0 Å². The Bertz CT molecular complexity index is 110. The highest BCUT2D eigenvalue weighted by Crippen LogP contribution is 1.85. The van der Waals surface area contributed by atoms with Crippen LogP contribution in [0.2, 0.25) is 0 Å². The summed E-state index contributed by atoms with van der Waals surface area (Å²) in [4.78, 5) is 0. The molecule has 0 fully saturated rings. The van der Waals surface area contributed by atoms with Crippen LogP contribution >= 0.6 is 0 Å². The predicted molar refractivity (Wildman–Crippen MR) is 60.5 cm³/mol. The molecule has 4 N–H and O–H groups in total. The van der Waals surface area contributed by atoms with Crippen LogP contribution in [0.3, 0.4) is 0 Å². The van der Waals surface area contributed by atoms with E-state index < -0.39 is 0 Å². The van der Waals surface area contributed by atoms with Crippen molar-refractivity contribution in [2.45, 2.75) is 13.8 Å². The topological polar surface area (TPSA) is 59.3 Å². The molecule has 0 aliphatic carbocycles. The summed E-state index contributed by atoms with van der Waals surface area (Å²) in [5, 5.41) is 6.50. The highest BCUT2D eigenvalue weighted by atomic mass is 16.5. The van der Waals surface area contributed by atoms with E-state index in [1.54, 1.807) is 0 Å². The van der Waals surface area contributed by atoms with Gasteiger partial charge in [-0.05, 0) is 12.5 Å². The number of hydrogen-bond acceptors (Lipinski definition) is 4. The molecule has 0 unspecified atom stereocenters. The summed E-state index contributed by atoms with van der Waals surface area (Å²) in [6.45, 7) is 10.4. The van der Waals surface area contributed by atoms with E-state index in [2.05, 4.69) is 24.5 Å². The second-order valence-electron chi connectivity index (χ2n) is 3.75. The van der Waals surface area contributed by atoms with Gasteiger partial charge in [-0.2, -0.15) is 0 Å². The maximum absolute atomic E-state index is 5.40. The van der Waals surface area contributed by atoms with Gasteiger partial charge in [0, 0.05) is 26.2 Å². The van der Waals surface area contributed by atoms with Crippen molar-refractivity contribution < 1.29 is 4.74 Å². The van der Waals surface area contributed by atoms with Crippen molar-refractivity contribution in [1.29, 1.82) is 0 Å². The van der Waals surface area contributed by atoms with Crippen molar-refractivity contribution in [2.75, 3.05) is 45.9 Å². The molecule has 0 bridgehead atoms. The molecule has 0 aromatic heterocycles. The first-order chi connectivity index (χ1) is 6.77. The first-order valence-electron chi connectivity index (χ1n) is 5.46. The van der Waals surface area contributed by atoms with Crippen LogP contribution in [-0.4, -0.2) is 45.9 Å². The van der Waals surface area contributed by atoms with E-state index in [1.807, 2.05) is 0 Å². The van der Waals surface area contributed by atoms with Crippen LogP contribution < -0.4 is 16.4 Å². The number of rotatable bonds is 10. The lowest BCUT2D eigenvalue weighted by Gasteiger charge is -2.08. The Hall–Kier alpha value is -0.160. The molecule has 0 amide bonds. The Morgan fingerprint density at radius 2 is 1.71 bits per heavy atom. The summed E-state index contributed by atoms with van der Waals surface area (Å²) in [6, 6.07) is 0. The lowest BCUT2D eigenvalue weighted by atomic mass is 10.2. The maximum atomic E-state index is 5.40. The van der Waals surface area contributed by atoms with Gasteiger partial charge >= 0.3 is 0 Å². The first kappa shape index (κ1) is 13.8. The molecule has 4 heteroatoms. The zero-order valence-electron chi connectivity index (χ0n) is 9.51. The van der Waals surface area contributed by atoms with Crippen molar-refractivity contribution in [3.05, 3.63) is 0 Å². The summed E-state index contributed by atoms with van der Waals surface area (Å²) >= 11 is 0. The third-order valence-electron chi connectivity index (χ3n) is 1.72. The Labute approximate surface area is 87.6 Å². The minimum atomic E-state index is 0.690. The van der Waals surface area contributed by atoms with E-state index in [4.69, 9.17) is 10.5 Å². The fraction of sp³-hybridized carbons (Fsp3) is 1.00. The third-order valence-corrected chi connectivity index (χ3v) is 1.72. The van der Waals surface area contributed by atoms with Gasteiger partial charge in [-0.3, -0.25) is 0 Å². The molecular weight excluding hydrogens is 178 g/mol. The Kier molecular flexibility index (Phi) is 10.8. The monoisotopic (exact) mass is 203 g/mol. The first-order valence-corrected chi connectivity index (χ1v) is 5.46. The quantitative estimate of drug-likeness (QED) is 0.430. The van der Waals surface area contributed by atoms with Gasteiger partial charge in [-0.25, -0.2) is 0 Å². The van der Waals surface area contributed by atoms with E-state index in [9.17, 15) is 0 Å². The van der Waals surface area contributed by atoms with Crippen LogP contribution in [0.4, 0.5) is 0 Å². The van der Waals surface area contributed by atoms with E-state index in [0.717, 1.165) is 39.4 Å². The average Bonchev–Trinajstić information content (AvgIpc) is 2.15. The summed E-state index contributed by atoms with van der Waals surface area (Å²) in [6.07, 6.45) is 0. The second-order valence-corrected chi connectivity index (χ2v) is 3.75. The summed E-state index contributed by atoms with van der Waals surface area (Å²) in [7, 11) is 0. The fourth-order valence-corrected chi connectivity index (χ4v) is 1.01. The van der Waals surface area contributed by atoms with Crippen LogP contribution in [0.5, 0.6) is 0 Å². The SMILES string of the molecule is CC(C)CNCCOCCNCCN. The molecule has 14 heavy (non-hydrogen) atoms. The molecule has 0 spiro atoms. The second kappa shape index (κ2) is 10.9. The van der Waals surface area contributed by atoms with Crippen molar-refractivity contribution >= 4 is 0 Å². The van der Waals surface area contributed by atoms with Gasteiger partial charge in [0.05, 0.1) is 13.2 Å². The summed E-state index contributed by atoms with van der Waals surface area (Å²) < 4.78 is 5.40. The van der Waals surface area contributed by atoms with E-state index >= 15 is 0 Å². The van der Waals surface area contributed by atoms with Crippen molar-refractivity contribution in [3.63, 3.8) is 0 Å². The van der Waals surface area contributed by atoms with Crippen LogP contribution in [0.25, 0.3) is 0 Å². The molecular formula is C10H25N3O. The zero-order valence-corrected chi connectivity index (χ0v) is 9.51. The number of nitrogens with one attached hydrogen (secondary N) is 2. The number of nitrogens with two attached hydrogens (primary N) is 1. The van der Waals surface area contributed by atoms with Gasteiger partial charge < -0.3 is 21.1 Å².